The van der Waals surface area contributed by atoms with E-state index in [2.05, 4.69) is 28.1 Å². The molecule has 0 N–H and O–H groups in total. The summed E-state index contributed by atoms with van der Waals surface area (Å²) in [6, 6.07) is 0. The Kier molecular flexibility index (Phi) is 4.32. The van der Waals surface area contributed by atoms with Crippen molar-refractivity contribution in [1.82, 2.24) is 19.2 Å². The van der Waals surface area contributed by atoms with Gasteiger partial charge in [0, 0.05) is 44.3 Å². The molecule has 7 heteroatoms. The maximum absolute atomic E-state index is 12.9. The second kappa shape index (κ2) is 6.46. The molecule has 2 atom stereocenters. The van der Waals surface area contributed by atoms with Gasteiger partial charge in [-0.2, -0.15) is 0 Å². The molecule has 0 bridgehead atoms. The molecule has 1 amide bonds. The second-order valence-corrected chi connectivity index (χ2v) is 7.79. The first-order chi connectivity index (χ1) is 11.6. The van der Waals surface area contributed by atoms with E-state index >= 15 is 0 Å². The summed E-state index contributed by atoms with van der Waals surface area (Å²) in [6.45, 7) is 8.44. The van der Waals surface area contributed by atoms with Gasteiger partial charge in [0.1, 0.15) is 0 Å². The Hall–Kier alpha value is -1.44. The highest BCUT2D eigenvalue weighted by Crippen LogP contribution is 2.23. The van der Waals surface area contributed by atoms with Crippen molar-refractivity contribution in [3.8, 4) is 0 Å². The number of ether oxygens (including phenoxy) is 1. The maximum atomic E-state index is 12.9. The fraction of sp³-hybridized carbons (Fsp3) is 0.647. The topological polar surface area (TPSA) is 50.1 Å². The number of carbonyl (C=O) groups is 1. The van der Waals surface area contributed by atoms with Gasteiger partial charge >= 0.3 is 0 Å². The molecule has 0 aromatic carbocycles. The van der Waals surface area contributed by atoms with Gasteiger partial charge in [0.2, 0.25) is 0 Å². The van der Waals surface area contributed by atoms with E-state index in [1.165, 1.54) is 0 Å². The first-order valence-electron chi connectivity index (χ1n) is 8.73. The zero-order valence-corrected chi connectivity index (χ0v) is 15.1. The minimum Gasteiger partial charge on any atom is -0.373 e. The number of fused-ring (bicyclic) bond motifs is 1. The van der Waals surface area contributed by atoms with Crippen molar-refractivity contribution in [3.63, 3.8) is 0 Å². The number of thiazole rings is 1. The monoisotopic (exact) mass is 348 g/mol. The van der Waals surface area contributed by atoms with Crippen LogP contribution in [0.4, 0.5) is 0 Å². The normalized spacial score (nSPS) is 25.7. The van der Waals surface area contributed by atoms with E-state index in [1.807, 2.05) is 16.5 Å². The van der Waals surface area contributed by atoms with Crippen LogP contribution in [0.3, 0.4) is 0 Å². The summed E-state index contributed by atoms with van der Waals surface area (Å²) in [6.07, 6.45) is 4.66. The zero-order chi connectivity index (χ0) is 16.7. The van der Waals surface area contributed by atoms with E-state index in [0.29, 0.717) is 5.69 Å². The Morgan fingerprint density at radius 3 is 2.71 bits per heavy atom. The first-order valence-corrected chi connectivity index (χ1v) is 9.61. The smallest absolute Gasteiger partial charge is 0.274 e. The zero-order valence-electron chi connectivity index (χ0n) is 14.3. The number of hydrogen-bond acceptors (Lipinski definition) is 5. The molecule has 130 valence electrons. The Morgan fingerprint density at radius 2 is 2.00 bits per heavy atom. The lowest BCUT2D eigenvalue weighted by molar-refractivity contribution is -0.0708. The quantitative estimate of drug-likeness (QED) is 0.854. The van der Waals surface area contributed by atoms with Gasteiger partial charge in [-0.3, -0.25) is 14.1 Å². The molecule has 0 aliphatic carbocycles. The van der Waals surface area contributed by atoms with Crippen LogP contribution < -0.4 is 0 Å². The lowest BCUT2D eigenvalue weighted by Gasteiger charge is -2.35. The average Bonchev–Trinajstić information content (AvgIpc) is 3.23. The first kappa shape index (κ1) is 16.1. The average molecular weight is 348 g/mol. The minimum absolute atomic E-state index is 0.0905. The number of likely N-dealkylation sites (tertiary alicyclic amines) is 1. The van der Waals surface area contributed by atoms with Crippen LogP contribution in [0, 0.1) is 0 Å². The van der Waals surface area contributed by atoms with Crippen molar-refractivity contribution >= 4 is 22.2 Å². The van der Waals surface area contributed by atoms with Crippen LogP contribution in [-0.2, 0) is 11.3 Å². The van der Waals surface area contributed by atoms with E-state index in [9.17, 15) is 4.79 Å². The van der Waals surface area contributed by atoms with Crippen molar-refractivity contribution in [2.75, 3.05) is 26.2 Å². The summed E-state index contributed by atoms with van der Waals surface area (Å²) < 4.78 is 7.91. The maximum Gasteiger partial charge on any atom is 0.274 e. The SMILES string of the molecule is C[C@@H]1CN(Cc2c(C(=O)N3CCCC3)nc3sccn23)C[C@H](C)O1. The molecule has 2 aromatic heterocycles. The number of nitrogens with zero attached hydrogens (tertiary/aromatic N) is 4. The van der Waals surface area contributed by atoms with E-state index in [0.717, 1.165) is 56.2 Å². The summed E-state index contributed by atoms with van der Waals surface area (Å²) in [7, 11) is 0. The highest BCUT2D eigenvalue weighted by atomic mass is 32.1. The fourth-order valence-electron chi connectivity index (χ4n) is 3.85. The van der Waals surface area contributed by atoms with Crippen molar-refractivity contribution in [2.24, 2.45) is 0 Å². The lowest BCUT2D eigenvalue weighted by atomic mass is 10.2. The van der Waals surface area contributed by atoms with Gasteiger partial charge in [-0.15, -0.1) is 11.3 Å². The third-order valence-corrected chi connectivity index (χ3v) is 5.58. The van der Waals surface area contributed by atoms with Gasteiger partial charge in [0.05, 0.1) is 17.9 Å². The van der Waals surface area contributed by atoms with E-state index in [1.54, 1.807) is 11.3 Å². The van der Waals surface area contributed by atoms with E-state index in [-0.39, 0.29) is 18.1 Å². The predicted octanol–water partition coefficient (Wildman–Crippen LogP) is 2.24. The predicted molar refractivity (Wildman–Crippen MR) is 93.5 cm³/mol. The van der Waals surface area contributed by atoms with Crippen LogP contribution in [0.5, 0.6) is 0 Å². The number of imidazole rings is 1. The molecule has 2 aliphatic heterocycles. The van der Waals surface area contributed by atoms with Crippen LogP contribution in [0.2, 0.25) is 0 Å². The third-order valence-electron chi connectivity index (χ3n) is 4.83. The lowest BCUT2D eigenvalue weighted by Crippen LogP contribution is -2.45. The third kappa shape index (κ3) is 2.96. The molecule has 4 rings (SSSR count). The van der Waals surface area contributed by atoms with Crippen molar-refractivity contribution in [1.29, 1.82) is 0 Å². The highest BCUT2D eigenvalue weighted by molar-refractivity contribution is 7.15. The largest absolute Gasteiger partial charge is 0.373 e. The minimum atomic E-state index is 0.0905. The van der Waals surface area contributed by atoms with E-state index in [4.69, 9.17) is 4.74 Å². The molecule has 0 spiro atoms. The molecule has 24 heavy (non-hydrogen) atoms. The summed E-state index contributed by atoms with van der Waals surface area (Å²) in [5.41, 5.74) is 1.65. The Labute approximate surface area is 146 Å². The summed E-state index contributed by atoms with van der Waals surface area (Å²) in [4.78, 5) is 22.8. The molecule has 2 fully saturated rings. The molecule has 6 nitrogen and oxygen atoms in total. The Balaban J connectivity index is 1.64. The van der Waals surface area contributed by atoms with Gasteiger partial charge < -0.3 is 9.64 Å². The van der Waals surface area contributed by atoms with Crippen LogP contribution >= 0.6 is 11.3 Å². The summed E-state index contributed by atoms with van der Waals surface area (Å²) in [5.74, 6) is 0.0905. The number of amides is 1. The van der Waals surface area contributed by atoms with Crippen LogP contribution in [0.1, 0.15) is 42.9 Å². The van der Waals surface area contributed by atoms with Gasteiger partial charge in [0.25, 0.3) is 5.91 Å². The molecular weight excluding hydrogens is 324 g/mol. The summed E-state index contributed by atoms with van der Waals surface area (Å²) in [5, 5.41) is 2.03. The summed E-state index contributed by atoms with van der Waals surface area (Å²) >= 11 is 1.58. The van der Waals surface area contributed by atoms with Crippen LogP contribution in [-0.4, -0.2) is 63.5 Å². The molecule has 2 saturated heterocycles. The standard InChI is InChI=1S/C17H24N4O2S/c1-12-9-19(10-13(2)23-12)11-14-15(16(22)20-5-3-4-6-20)18-17-21(14)7-8-24-17/h7-8,12-13H,3-6,9-11H2,1-2H3/t12-,13+. The molecule has 0 unspecified atom stereocenters. The van der Waals surface area contributed by atoms with Gasteiger partial charge in [0.15, 0.2) is 10.7 Å². The molecular formula is C17H24N4O2S. The van der Waals surface area contributed by atoms with Crippen molar-refractivity contribution in [2.45, 2.75) is 45.4 Å². The van der Waals surface area contributed by atoms with Gasteiger partial charge in [-0.05, 0) is 26.7 Å². The second-order valence-electron chi connectivity index (χ2n) is 6.91. The number of rotatable bonds is 3. The van der Waals surface area contributed by atoms with Gasteiger partial charge in [-0.1, -0.05) is 0 Å². The Bertz CT molecular complexity index is 724. The molecule has 2 aromatic rings. The molecule has 2 aliphatic rings. The van der Waals surface area contributed by atoms with Gasteiger partial charge in [-0.25, -0.2) is 4.98 Å². The van der Waals surface area contributed by atoms with Crippen LogP contribution in [0.15, 0.2) is 11.6 Å². The highest BCUT2D eigenvalue weighted by Gasteiger charge is 2.29. The number of aromatic nitrogens is 2. The fourth-order valence-corrected chi connectivity index (χ4v) is 4.58. The van der Waals surface area contributed by atoms with E-state index < -0.39 is 0 Å². The molecule has 0 saturated carbocycles. The Morgan fingerprint density at radius 1 is 1.29 bits per heavy atom. The molecule has 4 heterocycles. The van der Waals surface area contributed by atoms with Crippen LogP contribution in [0.25, 0.3) is 4.96 Å². The van der Waals surface area contributed by atoms with Crippen molar-refractivity contribution < 1.29 is 9.53 Å². The molecule has 0 radical (unpaired) electrons. The number of carbonyl (C=O) groups excluding carboxylic acids is 1. The number of hydrogen-bond donors (Lipinski definition) is 0. The number of morpholine rings is 1. The van der Waals surface area contributed by atoms with Crippen molar-refractivity contribution in [3.05, 3.63) is 23.0 Å².